The van der Waals surface area contributed by atoms with Crippen LogP contribution in [0, 0.1) is 0 Å². The van der Waals surface area contributed by atoms with Crippen LogP contribution in [0.25, 0.3) is 0 Å². The molecule has 0 aromatic heterocycles. The Balaban J connectivity index is 2.44. The molecule has 1 aliphatic heterocycles. The molecule has 4 N–H and O–H groups in total. The van der Waals surface area contributed by atoms with Gasteiger partial charge in [0.15, 0.2) is 12.4 Å². The number of hydrogen-bond acceptors (Lipinski definition) is 11. The lowest BCUT2D eigenvalue weighted by atomic mass is 10.00. The minimum absolute atomic E-state index is 0.154. The molecule has 13 heteroatoms. The zero-order valence-corrected chi connectivity index (χ0v) is 37.4. The Bertz CT molecular complexity index is 1240. The van der Waals surface area contributed by atoms with Gasteiger partial charge in [-0.15, -0.1) is 0 Å². The zero-order chi connectivity index (χ0) is 43.4. The topological polar surface area (TPSA) is 186 Å². The van der Waals surface area contributed by atoms with E-state index in [1.165, 1.54) is 64.2 Å². The third-order valence-electron chi connectivity index (χ3n) is 10.5. The normalized spacial score (nSPS) is 20.5. The summed E-state index contributed by atoms with van der Waals surface area (Å²) < 4.78 is 54.1. The van der Waals surface area contributed by atoms with Crippen LogP contribution >= 0.6 is 0 Å². The molecule has 1 saturated heterocycles. The van der Waals surface area contributed by atoms with Crippen molar-refractivity contribution in [1.82, 2.24) is 0 Å². The Morgan fingerprint density at radius 1 is 0.593 bits per heavy atom. The summed E-state index contributed by atoms with van der Waals surface area (Å²) in [5.41, 5.74) is 0. The molecule has 0 aliphatic carbocycles. The number of carbonyl (C=O) groups excluding carboxylic acids is 2. The van der Waals surface area contributed by atoms with E-state index in [9.17, 15) is 37.9 Å². The average Bonchev–Trinajstić information content (AvgIpc) is 3.20. The number of hydrogen-bond donors (Lipinski definition) is 4. The fourth-order valence-corrected chi connectivity index (χ4v) is 7.62. The number of aliphatic hydroxyl groups excluding tert-OH is 3. The molecule has 12 nitrogen and oxygen atoms in total. The summed E-state index contributed by atoms with van der Waals surface area (Å²) in [6, 6.07) is 0. The smallest absolute Gasteiger partial charge is 0.306 e. The summed E-state index contributed by atoms with van der Waals surface area (Å²) in [5.74, 6) is -1.99. The van der Waals surface area contributed by atoms with Gasteiger partial charge >= 0.3 is 11.9 Å². The molecule has 0 amide bonds. The number of unbranched alkanes of at least 4 members (excludes halogenated alkanes) is 20. The maximum Gasteiger partial charge on any atom is 0.306 e. The van der Waals surface area contributed by atoms with Gasteiger partial charge in [-0.25, -0.2) is 0 Å². The molecule has 344 valence electrons. The first-order valence-corrected chi connectivity index (χ1v) is 24.7. The van der Waals surface area contributed by atoms with Crippen molar-refractivity contribution in [3.05, 3.63) is 36.5 Å². The van der Waals surface area contributed by atoms with E-state index >= 15 is 0 Å². The summed E-state index contributed by atoms with van der Waals surface area (Å²) in [5, 5.41) is 30.9. The van der Waals surface area contributed by atoms with Crippen molar-refractivity contribution in [2.75, 3.05) is 19.0 Å². The second kappa shape index (κ2) is 36.5. The van der Waals surface area contributed by atoms with Crippen LogP contribution in [-0.2, 0) is 38.7 Å². The van der Waals surface area contributed by atoms with Gasteiger partial charge in [-0.2, -0.15) is 8.42 Å². The standard InChI is InChI=1S/C46H82O12S/c1-3-5-7-9-11-13-15-17-19-20-21-23-25-27-29-31-33-35-42(48)57-39(37-56-46-45(51)44(50)43(49)40(58-46)38-59(52,53)54)36-55-41(47)34-32-30-28-26-24-22-18-16-14-12-10-8-6-4-2/h5,7,11,13,17,19,39-40,43-46,49-51H,3-4,6,8-10,12,14-16,18,20-38H2,1-2H3,(H,52,53,54)/b7-5-,13-11-,19-17-. The first kappa shape index (κ1) is 54.9. The molecule has 6 unspecified atom stereocenters. The number of allylic oxidation sites excluding steroid dienone is 6. The molecule has 0 bridgehead atoms. The SMILES string of the molecule is CC/C=C\C/C=C\C/C=C\CCCCCCCCCC(=O)OC(COC(=O)CCCCCCCCCCCCCCCC)COC1OC(CS(=O)(=O)O)C(O)C(O)C1O. The van der Waals surface area contributed by atoms with E-state index < -0.39 is 71.2 Å². The second-order valence-corrected chi connectivity index (χ2v) is 17.5. The van der Waals surface area contributed by atoms with Crippen LogP contribution in [0.5, 0.6) is 0 Å². The Hall–Kier alpha value is -2.13. The van der Waals surface area contributed by atoms with Gasteiger partial charge in [-0.1, -0.05) is 166 Å². The molecule has 1 aliphatic rings. The third kappa shape index (κ3) is 31.4. The van der Waals surface area contributed by atoms with Crippen molar-refractivity contribution in [3.63, 3.8) is 0 Å². The maximum atomic E-state index is 12.8. The molecular formula is C46H82O12S. The van der Waals surface area contributed by atoms with Gasteiger partial charge in [0.25, 0.3) is 10.1 Å². The van der Waals surface area contributed by atoms with Crippen LogP contribution in [0.4, 0.5) is 0 Å². The van der Waals surface area contributed by atoms with Gasteiger partial charge in [0.05, 0.1) is 6.61 Å². The Morgan fingerprint density at radius 3 is 1.59 bits per heavy atom. The highest BCUT2D eigenvalue weighted by Gasteiger charge is 2.46. The van der Waals surface area contributed by atoms with Crippen LogP contribution in [0.3, 0.4) is 0 Å². The van der Waals surface area contributed by atoms with Crippen molar-refractivity contribution < 1.29 is 56.8 Å². The lowest BCUT2D eigenvalue weighted by Gasteiger charge is -2.40. The number of esters is 2. The van der Waals surface area contributed by atoms with E-state index in [2.05, 4.69) is 50.3 Å². The molecule has 0 saturated carbocycles. The summed E-state index contributed by atoms with van der Waals surface area (Å²) in [6.07, 6.45) is 31.8. The van der Waals surface area contributed by atoms with E-state index in [0.717, 1.165) is 83.5 Å². The molecule has 1 rings (SSSR count). The molecule has 1 fully saturated rings. The quantitative estimate of drug-likeness (QED) is 0.0200. The summed E-state index contributed by atoms with van der Waals surface area (Å²) in [6.45, 7) is 3.65. The van der Waals surface area contributed by atoms with Gasteiger partial charge in [-0.3, -0.25) is 14.1 Å². The van der Waals surface area contributed by atoms with Crippen molar-refractivity contribution in [2.24, 2.45) is 0 Å². The molecule has 1 heterocycles. The van der Waals surface area contributed by atoms with Crippen LogP contribution in [-0.4, -0.2) is 96.0 Å². The van der Waals surface area contributed by atoms with Gasteiger partial charge in [0.1, 0.15) is 36.8 Å². The predicted octanol–water partition coefficient (Wildman–Crippen LogP) is 9.39. The Kier molecular flexibility index (Phi) is 34.0. The van der Waals surface area contributed by atoms with Crippen LogP contribution in [0.15, 0.2) is 36.5 Å². The number of carbonyl (C=O) groups is 2. The van der Waals surface area contributed by atoms with Crippen LogP contribution in [0.2, 0.25) is 0 Å². The van der Waals surface area contributed by atoms with E-state index in [0.29, 0.717) is 12.8 Å². The molecule has 0 radical (unpaired) electrons. The Labute approximate surface area is 357 Å². The Morgan fingerprint density at radius 2 is 1.07 bits per heavy atom. The third-order valence-corrected chi connectivity index (χ3v) is 11.2. The lowest BCUT2D eigenvalue weighted by Crippen LogP contribution is -2.60. The van der Waals surface area contributed by atoms with E-state index in [1.807, 2.05) is 0 Å². The van der Waals surface area contributed by atoms with Crippen molar-refractivity contribution >= 4 is 22.1 Å². The molecule has 0 spiro atoms. The van der Waals surface area contributed by atoms with Crippen molar-refractivity contribution in [1.29, 1.82) is 0 Å². The van der Waals surface area contributed by atoms with Crippen LogP contribution in [0.1, 0.15) is 187 Å². The van der Waals surface area contributed by atoms with Gasteiger partial charge in [0, 0.05) is 12.8 Å². The molecular weight excluding hydrogens is 777 g/mol. The van der Waals surface area contributed by atoms with Crippen molar-refractivity contribution in [2.45, 2.75) is 224 Å². The van der Waals surface area contributed by atoms with Gasteiger partial charge in [0.2, 0.25) is 0 Å². The van der Waals surface area contributed by atoms with E-state index in [1.54, 1.807) is 0 Å². The van der Waals surface area contributed by atoms with E-state index in [-0.39, 0.29) is 19.4 Å². The largest absolute Gasteiger partial charge is 0.462 e. The minimum atomic E-state index is -4.60. The summed E-state index contributed by atoms with van der Waals surface area (Å²) >= 11 is 0. The van der Waals surface area contributed by atoms with Gasteiger partial charge < -0.3 is 34.3 Å². The molecule has 6 atom stereocenters. The lowest BCUT2D eigenvalue weighted by molar-refractivity contribution is -0.297. The molecule has 59 heavy (non-hydrogen) atoms. The van der Waals surface area contributed by atoms with Crippen molar-refractivity contribution in [3.8, 4) is 0 Å². The second-order valence-electron chi connectivity index (χ2n) is 16.0. The predicted molar refractivity (Wildman–Crippen MR) is 233 cm³/mol. The maximum absolute atomic E-state index is 12.8. The highest BCUT2D eigenvalue weighted by Crippen LogP contribution is 2.24. The fourth-order valence-electron chi connectivity index (χ4n) is 6.93. The fraction of sp³-hybridized carbons (Fsp3) is 0.826. The zero-order valence-electron chi connectivity index (χ0n) is 36.6. The summed E-state index contributed by atoms with van der Waals surface area (Å²) in [4.78, 5) is 25.4. The summed E-state index contributed by atoms with van der Waals surface area (Å²) in [7, 11) is -4.60. The number of ether oxygens (including phenoxy) is 4. The minimum Gasteiger partial charge on any atom is -0.462 e. The monoisotopic (exact) mass is 859 g/mol. The first-order chi connectivity index (χ1) is 28.5. The van der Waals surface area contributed by atoms with E-state index in [4.69, 9.17) is 18.9 Å². The molecule has 0 aromatic rings. The highest BCUT2D eigenvalue weighted by atomic mass is 32.2. The highest BCUT2D eigenvalue weighted by molar-refractivity contribution is 7.85. The molecule has 0 aromatic carbocycles. The number of aliphatic hydroxyl groups is 3. The average molecular weight is 859 g/mol. The van der Waals surface area contributed by atoms with Gasteiger partial charge in [-0.05, 0) is 44.9 Å². The van der Waals surface area contributed by atoms with Crippen LogP contribution < -0.4 is 0 Å². The number of rotatable bonds is 38. The first-order valence-electron chi connectivity index (χ1n) is 23.0.